The van der Waals surface area contributed by atoms with Gasteiger partial charge in [0.2, 0.25) is 0 Å². The normalized spacial score (nSPS) is 10.8. The third-order valence-electron chi connectivity index (χ3n) is 3.21. The van der Waals surface area contributed by atoms with E-state index in [1.165, 1.54) is 4.90 Å². The van der Waals surface area contributed by atoms with Gasteiger partial charge in [-0.2, -0.15) is 0 Å². The Morgan fingerprint density at radius 2 is 1.70 bits per heavy atom. The predicted octanol–water partition coefficient (Wildman–Crippen LogP) is 2.15. The summed E-state index contributed by atoms with van der Waals surface area (Å²) in [5, 5.41) is 14.1. The molecule has 0 fully saturated rings. The number of anilines is 1. The van der Waals surface area contributed by atoms with Crippen LogP contribution < -0.4 is 10.6 Å². The lowest BCUT2D eigenvalue weighted by atomic mass is 9.99. The highest BCUT2D eigenvalue weighted by Crippen LogP contribution is 2.14. The summed E-state index contributed by atoms with van der Waals surface area (Å²) in [7, 11) is 3.34. The molecule has 126 valence electrons. The number of hydrogen-bond donors (Lipinski definition) is 3. The molecule has 0 saturated heterocycles. The van der Waals surface area contributed by atoms with Crippen LogP contribution in [0.1, 0.15) is 37.0 Å². The summed E-state index contributed by atoms with van der Waals surface area (Å²) in [5.74, 6) is -1.02. The highest BCUT2D eigenvalue weighted by Gasteiger charge is 2.21. The van der Waals surface area contributed by atoms with Crippen molar-refractivity contribution in [3.63, 3.8) is 0 Å². The third kappa shape index (κ3) is 6.37. The number of rotatable bonds is 6. The number of carbonyl (C=O) groups is 3. The van der Waals surface area contributed by atoms with Crippen molar-refractivity contribution < 1.29 is 19.5 Å². The second-order valence-electron chi connectivity index (χ2n) is 6.13. The largest absolute Gasteiger partial charge is 0.481 e. The lowest BCUT2D eigenvalue weighted by Gasteiger charge is -2.25. The monoisotopic (exact) mass is 321 g/mol. The Bertz CT molecular complexity index is 579. The first kappa shape index (κ1) is 18.5. The fourth-order valence-electron chi connectivity index (χ4n) is 1.91. The number of carboxylic acids is 1. The Hall–Kier alpha value is -2.57. The average Bonchev–Trinajstić information content (AvgIpc) is 2.44. The first-order chi connectivity index (χ1) is 10.6. The van der Waals surface area contributed by atoms with E-state index in [0.717, 1.165) is 0 Å². The Kier molecular flexibility index (Phi) is 6.12. The van der Waals surface area contributed by atoms with E-state index in [9.17, 15) is 14.4 Å². The summed E-state index contributed by atoms with van der Waals surface area (Å²) < 4.78 is 0. The second-order valence-corrected chi connectivity index (χ2v) is 6.13. The molecule has 0 unspecified atom stereocenters. The summed E-state index contributed by atoms with van der Waals surface area (Å²) in [6.07, 6.45) is 0.306. The zero-order chi connectivity index (χ0) is 17.6. The van der Waals surface area contributed by atoms with Gasteiger partial charge in [0.05, 0.1) is 0 Å². The first-order valence-electron chi connectivity index (χ1n) is 7.23. The molecule has 0 aromatic heterocycles. The van der Waals surface area contributed by atoms with E-state index >= 15 is 0 Å². The van der Waals surface area contributed by atoms with Gasteiger partial charge in [-0.3, -0.25) is 9.59 Å². The van der Waals surface area contributed by atoms with E-state index in [0.29, 0.717) is 17.7 Å². The Morgan fingerprint density at radius 3 is 2.17 bits per heavy atom. The highest BCUT2D eigenvalue weighted by molar-refractivity contribution is 5.95. The van der Waals surface area contributed by atoms with E-state index in [2.05, 4.69) is 10.6 Å². The molecule has 0 aliphatic carbocycles. The molecule has 1 aromatic rings. The average molecular weight is 321 g/mol. The van der Waals surface area contributed by atoms with Gasteiger partial charge in [0.1, 0.15) is 0 Å². The summed E-state index contributed by atoms with van der Waals surface area (Å²) >= 11 is 0. The molecule has 7 nitrogen and oxygen atoms in total. The van der Waals surface area contributed by atoms with E-state index in [4.69, 9.17) is 5.11 Å². The third-order valence-corrected chi connectivity index (χ3v) is 3.21. The molecule has 0 bridgehead atoms. The topological polar surface area (TPSA) is 98.7 Å². The number of hydrogen-bond acceptors (Lipinski definition) is 3. The molecule has 0 atom stereocenters. The van der Waals surface area contributed by atoms with Crippen LogP contribution >= 0.6 is 0 Å². The molecule has 0 aliphatic heterocycles. The number of nitrogens with zero attached hydrogens (tertiary/aromatic N) is 1. The SMILES string of the molecule is CN(C)C(=O)c1ccc(NC(=O)NC(C)(C)CCC(=O)O)cc1. The zero-order valence-electron chi connectivity index (χ0n) is 13.8. The van der Waals surface area contributed by atoms with Gasteiger partial charge in [-0.05, 0) is 44.5 Å². The van der Waals surface area contributed by atoms with E-state index in [1.54, 1.807) is 52.2 Å². The van der Waals surface area contributed by atoms with Crippen LogP contribution in [0.3, 0.4) is 0 Å². The number of benzene rings is 1. The molecular weight excluding hydrogens is 298 g/mol. The van der Waals surface area contributed by atoms with Crippen LogP contribution in [0.15, 0.2) is 24.3 Å². The van der Waals surface area contributed by atoms with Gasteiger partial charge in [-0.1, -0.05) is 0 Å². The smallest absolute Gasteiger partial charge is 0.319 e. The van der Waals surface area contributed by atoms with Crippen molar-refractivity contribution in [2.75, 3.05) is 19.4 Å². The Balaban J connectivity index is 2.60. The number of aliphatic carboxylic acids is 1. The Morgan fingerprint density at radius 1 is 1.13 bits per heavy atom. The molecule has 23 heavy (non-hydrogen) atoms. The molecule has 0 aliphatic rings. The summed E-state index contributed by atoms with van der Waals surface area (Å²) in [5.41, 5.74) is 0.443. The highest BCUT2D eigenvalue weighted by atomic mass is 16.4. The molecule has 0 heterocycles. The summed E-state index contributed by atoms with van der Waals surface area (Å²) in [6, 6.07) is 6.12. The van der Waals surface area contributed by atoms with Crippen molar-refractivity contribution in [1.82, 2.24) is 10.2 Å². The van der Waals surface area contributed by atoms with Crippen LogP contribution in [0.4, 0.5) is 10.5 Å². The molecule has 1 rings (SSSR count). The van der Waals surface area contributed by atoms with Crippen molar-refractivity contribution in [3.8, 4) is 0 Å². The van der Waals surface area contributed by atoms with E-state index < -0.39 is 17.5 Å². The minimum Gasteiger partial charge on any atom is -0.481 e. The maximum absolute atomic E-state index is 12.0. The van der Waals surface area contributed by atoms with Gasteiger partial charge in [-0.25, -0.2) is 4.79 Å². The fourth-order valence-corrected chi connectivity index (χ4v) is 1.91. The standard InChI is InChI=1S/C16H23N3O4/c1-16(2,10-9-13(20)21)18-15(23)17-12-7-5-11(6-8-12)14(22)19(3)4/h5-8H,9-10H2,1-4H3,(H,20,21)(H2,17,18,23). The summed E-state index contributed by atoms with van der Waals surface area (Å²) in [6.45, 7) is 3.52. The number of carbonyl (C=O) groups excluding carboxylic acids is 2. The lowest BCUT2D eigenvalue weighted by Crippen LogP contribution is -2.45. The maximum atomic E-state index is 12.0. The van der Waals surface area contributed by atoms with Crippen LogP contribution in [0, 0.1) is 0 Å². The predicted molar refractivity (Wildman–Crippen MR) is 87.6 cm³/mol. The number of carboxylic acid groups (broad SMARTS) is 1. The summed E-state index contributed by atoms with van der Waals surface area (Å²) in [4.78, 5) is 35.8. The first-order valence-corrected chi connectivity index (χ1v) is 7.23. The van der Waals surface area contributed by atoms with Crippen LogP contribution in [-0.2, 0) is 4.79 Å². The Labute approximate surface area is 135 Å². The van der Waals surface area contributed by atoms with Crippen molar-refractivity contribution in [2.45, 2.75) is 32.2 Å². The molecule has 0 saturated carbocycles. The van der Waals surface area contributed by atoms with Crippen molar-refractivity contribution in [2.24, 2.45) is 0 Å². The minimum absolute atomic E-state index is 0.0192. The second kappa shape index (κ2) is 7.62. The zero-order valence-corrected chi connectivity index (χ0v) is 13.8. The van der Waals surface area contributed by atoms with E-state index in [1.807, 2.05) is 0 Å². The van der Waals surface area contributed by atoms with Crippen LogP contribution in [-0.4, -0.2) is 47.5 Å². The van der Waals surface area contributed by atoms with Crippen LogP contribution in [0.2, 0.25) is 0 Å². The van der Waals surface area contributed by atoms with Gasteiger partial charge in [-0.15, -0.1) is 0 Å². The molecule has 7 heteroatoms. The van der Waals surface area contributed by atoms with Gasteiger partial charge in [0.25, 0.3) is 5.91 Å². The van der Waals surface area contributed by atoms with Crippen LogP contribution in [0.5, 0.6) is 0 Å². The number of nitrogens with one attached hydrogen (secondary N) is 2. The number of amides is 3. The molecule has 1 aromatic carbocycles. The van der Waals surface area contributed by atoms with Crippen LogP contribution in [0.25, 0.3) is 0 Å². The van der Waals surface area contributed by atoms with E-state index in [-0.39, 0.29) is 12.3 Å². The fraction of sp³-hybridized carbons (Fsp3) is 0.438. The van der Waals surface area contributed by atoms with Gasteiger partial charge < -0.3 is 20.6 Å². The van der Waals surface area contributed by atoms with Gasteiger partial charge in [0, 0.05) is 37.3 Å². The van der Waals surface area contributed by atoms with Gasteiger partial charge in [0.15, 0.2) is 0 Å². The van der Waals surface area contributed by atoms with Gasteiger partial charge >= 0.3 is 12.0 Å². The van der Waals surface area contributed by atoms with Crippen molar-refractivity contribution in [1.29, 1.82) is 0 Å². The molecule has 3 N–H and O–H groups in total. The maximum Gasteiger partial charge on any atom is 0.319 e. The quantitative estimate of drug-likeness (QED) is 0.747. The van der Waals surface area contributed by atoms with Crippen molar-refractivity contribution >= 4 is 23.6 Å². The molecular formula is C16H23N3O4. The molecule has 0 spiro atoms. The molecule has 0 radical (unpaired) electrons. The minimum atomic E-state index is -0.901. The van der Waals surface area contributed by atoms with Crippen molar-refractivity contribution in [3.05, 3.63) is 29.8 Å². The molecule has 3 amide bonds. The number of urea groups is 1. The lowest BCUT2D eigenvalue weighted by molar-refractivity contribution is -0.137.